The van der Waals surface area contributed by atoms with E-state index < -0.39 is 18.0 Å². The number of carbonyl (C=O) groups is 2. The topological polar surface area (TPSA) is 105 Å². The maximum Gasteiger partial charge on any atom is 0.312 e. The largest absolute Gasteiger partial charge is 0.452 e. The summed E-state index contributed by atoms with van der Waals surface area (Å²) in [5.74, 6) is -1.12. The van der Waals surface area contributed by atoms with Gasteiger partial charge in [-0.25, -0.2) is 0 Å². The van der Waals surface area contributed by atoms with E-state index in [9.17, 15) is 9.59 Å². The first kappa shape index (κ1) is 18.4. The van der Waals surface area contributed by atoms with E-state index in [0.29, 0.717) is 22.5 Å². The second-order valence-corrected chi connectivity index (χ2v) is 6.14. The molecule has 1 heterocycles. The molecule has 0 radical (unpaired) electrons. The van der Waals surface area contributed by atoms with Crippen molar-refractivity contribution in [1.82, 2.24) is 5.16 Å². The van der Waals surface area contributed by atoms with Crippen molar-refractivity contribution < 1.29 is 18.8 Å². The number of halogens is 1. The van der Waals surface area contributed by atoms with Gasteiger partial charge in [0.2, 0.25) is 0 Å². The van der Waals surface area contributed by atoms with Crippen LogP contribution in [0.4, 0.5) is 5.69 Å². The summed E-state index contributed by atoms with van der Waals surface area (Å²) in [6, 6.07) is 13.6. The second kappa shape index (κ2) is 7.89. The van der Waals surface area contributed by atoms with Gasteiger partial charge in [0.15, 0.2) is 11.7 Å². The molecule has 7 nitrogen and oxygen atoms in total. The normalized spacial score (nSPS) is 11.6. The molecule has 0 fully saturated rings. The van der Waals surface area contributed by atoms with Gasteiger partial charge in [-0.2, -0.15) is 5.26 Å². The molecule has 0 aliphatic carbocycles. The van der Waals surface area contributed by atoms with Crippen LogP contribution in [0.1, 0.15) is 18.2 Å². The lowest BCUT2D eigenvalue weighted by atomic mass is 10.2. The van der Waals surface area contributed by atoms with E-state index >= 15 is 0 Å². The molecule has 0 aliphatic heterocycles. The van der Waals surface area contributed by atoms with Crippen molar-refractivity contribution in [2.24, 2.45) is 0 Å². The molecule has 0 unspecified atom stereocenters. The monoisotopic (exact) mass is 383 g/mol. The summed E-state index contributed by atoms with van der Waals surface area (Å²) in [5, 5.41) is 16.2. The van der Waals surface area contributed by atoms with E-state index in [4.69, 9.17) is 26.1 Å². The van der Waals surface area contributed by atoms with Gasteiger partial charge in [-0.1, -0.05) is 28.9 Å². The molecule has 8 heteroatoms. The van der Waals surface area contributed by atoms with Crippen molar-refractivity contribution in [2.45, 2.75) is 19.4 Å². The van der Waals surface area contributed by atoms with Crippen molar-refractivity contribution in [3.05, 3.63) is 58.7 Å². The number of nitriles is 1. The van der Waals surface area contributed by atoms with Crippen LogP contribution in [-0.4, -0.2) is 23.1 Å². The van der Waals surface area contributed by atoms with Crippen LogP contribution in [0.2, 0.25) is 5.02 Å². The standard InChI is InChI=1S/C19H14ClN3O4/c1-11(19(25)22-13-7-6-12(10-21)15(20)8-13)26-18(24)9-16-14-4-2-3-5-17(14)27-23-16/h2-8,11H,9H2,1H3,(H,22,25)/t11-/m0/s1. The van der Waals surface area contributed by atoms with Gasteiger partial charge in [0.1, 0.15) is 11.8 Å². The molecule has 0 aliphatic rings. The molecule has 2 aromatic carbocycles. The Morgan fingerprint density at radius 3 is 2.85 bits per heavy atom. The number of anilines is 1. The first-order valence-electron chi connectivity index (χ1n) is 8.01. The number of hydrogen-bond donors (Lipinski definition) is 1. The zero-order valence-electron chi connectivity index (χ0n) is 14.2. The molecule has 27 heavy (non-hydrogen) atoms. The average Bonchev–Trinajstić information content (AvgIpc) is 3.04. The summed E-state index contributed by atoms with van der Waals surface area (Å²) in [5.41, 5.74) is 1.72. The van der Waals surface area contributed by atoms with Gasteiger partial charge in [0.25, 0.3) is 5.91 Å². The molecular weight excluding hydrogens is 370 g/mol. The summed E-state index contributed by atoms with van der Waals surface area (Å²) in [6.45, 7) is 1.46. The maximum absolute atomic E-state index is 12.2. The highest BCUT2D eigenvalue weighted by atomic mass is 35.5. The SMILES string of the molecule is C[C@H](OC(=O)Cc1noc2ccccc12)C(=O)Nc1ccc(C#N)c(Cl)c1. The molecule has 3 rings (SSSR count). The lowest BCUT2D eigenvalue weighted by molar-refractivity contribution is -0.152. The number of benzene rings is 2. The van der Waals surface area contributed by atoms with Crippen molar-refractivity contribution in [1.29, 1.82) is 5.26 Å². The highest BCUT2D eigenvalue weighted by Crippen LogP contribution is 2.21. The Hall–Kier alpha value is -3.37. The number of esters is 1. The number of para-hydroxylation sites is 1. The Labute approximate surface area is 159 Å². The van der Waals surface area contributed by atoms with Crippen LogP contribution in [0.15, 0.2) is 47.0 Å². The van der Waals surface area contributed by atoms with Crippen molar-refractivity contribution in [2.75, 3.05) is 5.32 Å². The Morgan fingerprint density at radius 1 is 1.33 bits per heavy atom. The van der Waals surface area contributed by atoms with Crippen molar-refractivity contribution in [3.63, 3.8) is 0 Å². The third-order valence-electron chi connectivity index (χ3n) is 3.80. The summed E-state index contributed by atoms with van der Waals surface area (Å²) >= 11 is 5.93. The second-order valence-electron chi connectivity index (χ2n) is 5.73. The van der Waals surface area contributed by atoms with Gasteiger partial charge in [-0.15, -0.1) is 0 Å². The number of nitrogens with zero attached hydrogens (tertiary/aromatic N) is 2. The highest BCUT2D eigenvalue weighted by Gasteiger charge is 2.20. The number of aromatic nitrogens is 1. The first-order chi connectivity index (χ1) is 13.0. The molecule has 3 aromatic rings. The molecule has 1 N–H and O–H groups in total. The van der Waals surface area contributed by atoms with Gasteiger partial charge in [0, 0.05) is 11.1 Å². The van der Waals surface area contributed by atoms with Crippen LogP contribution < -0.4 is 5.32 Å². The molecule has 136 valence electrons. The predicted octanol–water partition coefficient (Wildman–Crippen LogP) is 3.47. The van der Waals surface area contributed by atoms with Gasteiger partial charge in [-0.05, 0) is 37.3 Å². The summed E-state index contributed by atoms with van der Waals surface area (Å²) in [7, 11) is 0. The first-order valence-corrected chi connectivity index (χ1v) is 8.39. The fourth-order valence-corrected chi connectivity index (χ4v) is 2.64. The molecule has 1 atom stereocenters. The number of carbonyl (C=O) groups excluding carboxylic acids is 2. The Kier molecular flexibility index (Phi) is 5.38. The smallest absolute Gasteiger partial charge is 0.312 e. The third kappa shape index (κ3) is 4.25. The number of nitrogens with one attached hydrogen (secondary N) is 1. The van der Waals surface area contributed by atoms with E-state index in [1.807, 2.05) is 12.1 Å². The Morgan fingerprint density at radius 2 is 2.11 bits per heavy atom. The van der Waals surface area contributed by atoms with Crippen LogP contribution in [0.25, 0.3) is 11.0 Å². The van der Waals surface area contributed by atoms with Crippen molar-refractivity contribution in [3.8, 4) is 6.07 Å². The molecule has 0 spiro atoms. The Balaban J connectivity index is 1.60. The molecule has 0 saturated carbocycles. The van der Waals surface area contributed by atoms with E-state index in [2.05, 4.69) is 10.5 Å². The van der Waals surface area contributed by atoms with Gasteiger partial charge < -0.3 is 14.6 Å². The lowest BCUT2D eigenvalue weighted by Crippen LogP contribution is -2.30. The number of amides is 1. The molecule has 1 amide bonds. The van der Waals surface area contributed by atoms with E-state index in [0.717, 1.165) is 5.39 Å². The predicted molar refractivity (Wildman–Crippen MR) is 98.1 cm³/mol. The van der Waals surface area contributed by atoms with E-state index in [1.54, 1.807) is 24.3 Å². The van der Waals surface area contributed by atoms with Crippen molar-refractivity contribution >= 4 is 40.1 Å². The minimum absolute atomic E-state index is 0.114. The Bertz CT molecular complexity index is 1050. The van der Waals surface area contributed by atoms with E-state index in [-0.39, 0.29) is 11.4 Å². The minimum atomic E-state index is -1.02. The summed E-state index contributed by atoms with van der Waals surface area (Å²) in [6.07, 6.45) is -1.14. The highest BCUT2D eigenvalue weighted by molar-refractivity contribution is 6.32. The summed E-state index contributed by atoms with van der Waals surface area (Å²) < 4.78 is 10.3. The third-order valence-corrected chi connectivity index (χ3v) is 4.11. The van der Waals surface area contributed by atoms with Crippen LogP contribution >= 0.6 is 11.6 Å². The summed E-state index contributed by atoms with van der Waals surface area (Å²) in [4.78, 5) is 24.3. The zero-order valence-corrected chi connectivity index (χ0v) is 15.0. The van der Waals surface area contributed by atoms with E-state index in [1.165, 1.54) is 19.1 Å². The molecule has 1 aromatic heterocycles. The van der Waals surface area contributed by atoms with Crippen LogP contribution in [0, 0.1) is 11.3 Å². The number of hydrogen-bond acceptors (Lipinski definition) is 6. The molecule has 0 bridgehead atoms. The molecular formula is C19H14ClN3O4. The quantitative estimate of drug-likeness (QED) is 0.676. The van der Waals surface area contributed by atoms with Crippen LogP contribution in [0.5, 0.6) is 0 Å². The van der Waals surface area contributed by atoms with Crippen LogP contribution in [0.3, 0.4) is 0 Å². The van der Waals surface area contributed by atoms with Gasteiger partial charge >= 0.3 is 5.97 Å². The van der Waals surface area contributed by atoms with Gasteiger partial charge in [-0.3, -0.25) is 9.59 Å². The zero-order chi connectivity index (χ0) is 19.4. The fourth-order valence-electron chi connectivity index (χ4n) is 2.42. The van der Waals surface area contributed by atoms with Gasteiger partial charge in [0.05, 0.1) is 17.0 Å². The fraction of sp³-hybridized carbons (Fsp3) is 0.158. The number of rotatable bonds is 5. The minimum Gasteiger partial charge on any atom is -0.452 e. The lowest BCUT2D eigenvalue weighted by Gasteiger charge is -2.13. The average molecular weight is 384 g/mol. The number of ether oxygens (including phenoxy) is 1. The molecule has 0 saturated heterocycles. The maximum atomic E-state index is 12.2. The van der Waals surface area contributed by atoms with Crippen LogP contribution in [-0.2, 0) is 20.7 Å². The number of fused-ring (bicyclic) bond motifs is 1.